The largest absolute Gasteiger partial charge is 0.481 e. The number of fused-ring (bicyclic) bond motifs is 1. The molecular formula is C24H31N5O5. The highest BCUT2D eigenvalue weighted by Gasteiger charge is 2.28. The van der Waals surface area contributed by atoms with E-state index in [9.17, 15) is 19.5 Å². The molecule has 2 aromatic rings. The Kier molecular flexibility index (Phi) is 8.04. The fourth-order valence-electron chi connectivity index (χ4n) is 4.62. The number of carboxylic acid groups (broad SMARTS) is 2. The molecule has 10 heteroatoms. The summed E-state index contributed by atoms with van der Waals surface area (Å²) in [4.78, 5) is 43.0. The van der Waals surface area contributed by atoms with Crippen LogP contribution in [0.4, 0.5) is 11.8 Å². The maximum atomic E-state index is 12.5. The Morgan fingerprint density at radius 2 is 1.82 bits per heavy atom. The van der Waals surface area contributed by atoms with Gasteiger partial charge in [-0.15, -0.1) is 0 Å². The van der Waals surface area contributed by atoms with Crippen LogP contribution in [0.15, 0.2) is 24.3 Å². The summed E-state index contributed by atoms with van der Waals surface area (Å²) in [6.07, 6.45) is 4.10. The summed E-state index contributed by atoms with van der Waals surface area (Å²) in [5.74, 6) is -1.65. The van der Waals surface area contributed by atoms with Gasteiger partial charge >= 0.3 is 11.9 Å². The number of aryl methyl sites for hydroxylation is 1. The van der Waals surface area contributed by atoms with Crippen LogP contribution in [0.3, 0.4) is 0 Å². The summed E-state index contributed by atoms with van der Waals surface area (Å²) < 4.78 is 0. The van der Waals surface area contributed by atoms with Crippen LogP contribution in [0.1, 0.15) is 84.5 Å². The lowest BCUT2D eigenvalue weighted by Crippen LogP contribution is -2.41. The van der Waals surface area contributed by atoms with Crippen LogP contribution in [0.2, 0.25) is 0 Å². The third kappa shape index (κ3) is 6.00. The van der Waals surface area contributed by atoms with E-state index >= 15 is 0 Å². The van der Waals surface area contributed by atoms with Crippen molar-refractivity contribution in [1.29, 1.82) is 0 Å². The number of nitrogens with zero attached hydrogens (tertiary/aromatic N) is 2. The van der Waals surface area contributed by atoms with E-state index in [0.29, 0.717) is 23.2 Å². The molecule has 0 fully saturated rings. The van der Waals surface area contributed by atoms with E-state index < -0.39 is 23.9 Å². The number of carbonyl (C=O) groups is 3. The average molecular weight is 470 g/mol. The lowest BCUT2D eigenvalue weighted by molar-refractivity contribution is -0.140. The number of hydrogen-bond donors (Lipinski definition) is 5. The highest BCUT2D eigenvalue weighted by atomic mass is 16.4. The minimum Gasteiger partial charge on any atom is -0.481 e. The first-order chi connectivity index (χ1) is 16.2. The van der Waals surface area contributed by atoms with Crippen LogP contribution in [0.25, 0.3) is 0 Å². The van der Waals surface area contributed by atoms with Gasteiger partial charge in [-0.1, -0.05) is 19.1 Å². The molecule has 10 nitrogen and oxygen atoms in total. The van der Waals surface area contributed by atoms with Crippen molar-refractivity contribution in [2.45, 2.75) is 69.7 Å². The second-order valence-corrected chi connectivity index (χ2v) is 8.66. The van der Waals surface area contributed by atoms with Crippen molar-refractivity contribution >= 4 is 29.6 Å². The topological polar surface area (TPSA) is 182 Å². The molecule has 0 radical (unpaired) electrons. The molecule has 1 heterocycles. The number of nitrogens with two attached hydrogens (primary N) is 2. The third-order valence-electron chi connectivity index (χ3n) is 6.46. The Hall–Kier alpha value is -3.69. The molecule has 1 aliphatic rings. The number of anilines is 2. The van der Waals surface area contributed by atoms with Gasteiger partial charge in [-0.2, -0.15) is 4.98 Å². The zero-order chi connectivity index (χ0) is 24.8. The molecule has 3 rings (SSSR count). The van der Waals surface area contributed by atoms with Crippen molar-refractivity contribution in [2.75, 3.05) is 11.5 Å². The van der Waals surface area contributed by atoms with Crippen LogP contribution in [0.5, 0.6) is 0 Å². The number of benzene rings is 1. The summed E-state index contributed by atoms with van der Waals surface area (Å²) >= 11 is 0. The molecule has 0 bridgehead atoms. The number of amides is 1. The van der Waals surface area contributed by atoms with Gasteiger partial charge in [0.05, 0.1) is 5.69 Å². The summed E-state index contributed by atoms with van der Waals surface area (Å²) in [5, 5.41) is 20.4. The Balaban J connectivity index is 1.61. The maximum absolute atomic E-state index is 12.5. The van der Waals surface area contributed by atoms with Gasteiger partial charge in [-0.25, -0.2) is 9.78 Å². The summed E-state index contributed by atoms with van der Waals surface area (Å²) in [5.41, 5.74) is 15.2. The molecule has 2 unspecified atom stereocenters. The smallest absolute Gasteiger partial charge is 0.326 e. The van der Waals surface area contributed by atoms with Crippen LogP contribution in [-0.4, -0.2) is 44.1 Å². The number of aliphatic carboxylic acids is 2. The molecule has 0 spiro atoms. The first-order valence-electron chi connectivity index (χ1n) is 11.5. The van der Waals surface area contributed by atoms with E-state index in [1.807, 2.05) is 12.1 Å². The molecule has 34 heavy (non-hydrogen) atoms. The van der Waals surface area contributed by atoms with Crippen molar-refractivity contribution < 1.29 is 24.6 Å². The first-order valence-corrected chi connectivity index (χ1v) is 11.5. The van der Waals surface area contributed by atoms with Crippen LogP contribution in [0, 0.1) is 0 Å². The molecule has 0 aliphatic heterocycles. The number of nitrogens with one attached hydrogen (secondary N) is 1. The lowest BCUT2D eigenvalue weighted by atomic mass is 9.86. The summed E-state index contributed by atoms with van der Waals surface area (Å²) in [6.45, 7) is 2.12. The summed E-state index contributed by atoms with van der Waals surface area (Å²) in [6, 6.07) is 5.85. The van der Waals surface area contributed by atoms with E-state index in [2.05, 4.69) is 22.2 Å². The molecule has 3 atom stereocenters. The Morgan fingerprint density at radius 3 is 2.44 bits per heavy atom. The third-order valence-corrected chi connectivity index (χ3v) is 6.46. The van der Waals surface area contributed by atoms with Gasteiger partial charge in [0.1, 0.15) is 11.9 Å². The Bertz CT molecular complexity index is 1060. The Labute approximate surface area is 197 Å². The normalized spacial score (nSPS) is 16.4. The molecule has 1 aromatic heterocycles. The molecule has 7 N–H and O–H groups in total. The second kappa shape index (κ2) is 11.0. The predicted molar refractivity (Wildman–Crippen MR) is 126 cm³/mol. The zero-order valence-electron chi connectivity index (χ0n) is 19.2. The van der Waals surface area contributed by atoms with E-state index in [1.165, 1.54) is 0 Å². The standard InChI is InChI=1S/C24H31N5O5/c1-2-13(3-6-15-9-10-17-20(15)21(25)29-24(26)28-17)14-4-7-16(8-5-14)22(32)27-18(23(33)34)11-12-19(30)31/h4-5,7-8,13,15,18H,2-3,6,9-12H2,1H3,(H,27,32)(H,30,31)(H,33,34)(H4,25,26,28,29)/t13?,15?,18-/m0/s1. The fraction of sp³-hybridized carbons (Fsp3) is 0.458. The number of hydrogen-bond acceptors (Lipinski definition) is 7. The average Bonchev–Trinajstić information content (AvgIpc) is 3.20. The van der Waals surface area contributed by atoms with Crippen molar-refractivity contribution in [3.63, 3.8) is 0 Å². The molecule has 1 aliphatic carbocycles. The van der Waals surface area contributed by atoms with Gasteiger partial charge in [0.25, 0.3) is 5.91 Å². The van der Waals surface area contributed by atoms with E-state index in [1.54, 1.807) is 12.1 Å². The van der Waals surface area contributed by atoms with Gasteiger partial charge in [-0.3, -0.25) is 9.59 Å². The van der Waals surface area contributed by atoms with Crippen LogP contribution < -0.4 is 16.8 Å². The molecule has 0 saturated carbocycles. The number of carboxylic acids is 2. The van der Waals surface area contributed by atoms with Crippen LogP contribution in [-0.2, 0) is 16.0 Å². The highest BCUT2D eigenvalue weighted by Crippen LogP contribution is 2.40. The molecule has 1 amide bonds. The van der Waals surface area contributed by atoms with Crippen molar-refractivity contribution in [2.24, 2.45) is 0 Å². The maximum Gasteiger partial charge on any atom is 0.326 e. The number of aromatic nitrogens is 2. The van der Waals surface area contributed by atoms with Gasteiger partial charge in [0, 0.05) is 17.5 Å². The van der Waals surface area contributed by atoms with E-state index in [-0.39, 0.29) is 18.8 Å². The van der Waals surface area contributed by atoms with E-state index in [0.717, 1.165) is 48.9 Å². The molecule has 0 saturated heterocycles. The van der Waals surface area contributed by atoms with Gasteiger partial charge in [0.15, 0.2) is 0 Å². The molecule has 1 aromatic carbocycles. The van der Waals surface area contributed by atoms with Gasteiger partial charge in [-0.05, 0) is 68.1 Å². The molecule has 182 valence electrons. The van der Waals surface area contributed by atoms with Crippen molar-refractivity contribution in [3.05, 3.63) is 46.6 Å². The van der Waals surface area contributed by atoms with Gasteiger partial charge in [0.2, 0.25) is 5.95 Å². The van der Waals surface area contributed by atoms with E-state index in [4.69, 9.17) is 16.6 Å². The Morgan fingerprint density at radius 1 is 1.12 bits per heavy atom. The molecular weight excluding hydrogens is 438 g/mol. The minimum absolute atomic E-state index is 0.182. The SMILES string of the molecule is CCC(CCC1CCc2nc(N)nc(N)c21)c1ccc(C(=O)N[C@@H](CCC(=O)O)C(=O)O)cc1. The number of rotatable bonds is 11. The van der Waals surface area contributed by atoms with Crippen molar-refractivity contribution in [3.8, 4) is 0 Å². The first kappa shape index (κ1) is 24.9. The number of nitrogen functional groups attached to an aromatic ring is 2. The monoisotopic (exact) mass is 469 g/mol. The highest BCUT2D eigenvalue weighted by molar-refractivity contribution is 5.96. The minimum atomic E-state index is -1.26. The fourth-order valence-corrected chi connectivity index (χ4v) is 4.62. The predicted octanol–water partition coefficient (Wildman–Crippen LogP) is 2.69. The van der Waals surface area contributed by atoms with Crippen molar-refractivity contribution in [1.82, 2.24) is 15.3 Å². The zero-order valence-corrected chi connectivity index (χ0v) is 19.2. The number of carbonyl (C=O) groups excluding carboxylic acids is 1. The quantitative estimate of drug-likeness (QED) is 0.330. The summed E-state index contributed by atoms with van der Waals surface area (Å²) in [7, 11) is 0. The lowest BCUT2D eigenvalue weighted by Gasteiger charge is -2.19. The van der Waals surface area contributed by atoms with Crippen LogP contribution >= 0.6 is 0 Å². The van der Waals surface area contributed by atoms with Gasteiger partial charge < -0.3 is 27.0 Å². The second-order valence-electron chi connectivity index (χ2n) is 8.66.